The summed E-state index contributed by atoms with van der Waals surface area (Å²) in [6.07, 6.45) is -4.44. The summed E-state index contributed by atoms with van der Waals surface area (Å²) in [5.41, 5.74) is 3.22. The quantitative estimate of drug-likeness (QED) is 0.319. The van der Waals surface area contributed by atoms with Gasteiger partial charge in [0.1, 0.15) is 0 Å². The maximum absolute atomic E-state index is 13.2. The van der Waals surface area contributed by atoms with Crippen LogP contribution in [0.1, 0.15) is 54.4 Å². The maximum Gasteiger partial charge on any atom is 0.416 e. The van der Waals surface area contributed by atoms with Gasteiger partial charge in [0.25, 0.3) is 5.91 Å². The Labute approximate surface area is 206 Å². The molecule has 0 radical (unpaired) electrons. The van der Waals surface area contributed by atoms with Crippen molar-refractivity contribution < 1.29 is 22.8 Å². The standard InChI is InChI=1S/C28H24F3N3O2/c1-17-11-13-21(14-12-17)26(35)23-9-4-5-10-24(23)27(36)32-25-18(2)33-34(19(25)3)16-20-7-6-8-22(15-20)28(29,30)31/h4-15H,16H2,1-3H3,(H,32,36). The van der Waals surface area contributed by atoms with Gasteiger partial charge in [-0.05, 0) is 44.5 Å². The summed E-state index contributed by atoms with van der Waals surface area (Å²) in [4.78, 5) is 26.3. The summed E-state index contributed by atoms with van der Waals surface area (Å²) in [5.74, 6) is -0.745. The number of rotatable bonds is 6. The maximum atomic E-state index is 13.2. The molecule has 0 atom stereocenters. The molecule has 5 nitrogen and oxygen atoms in total. The van der Waals surface area contributed by atoms with Crippen LogP contribution in [0.3, 0.4) is 0 Å². The van der Waals surface area contributed by atoms with Crippen molar-refractivity contribution >= 4 is 17.4 Å². The van der Waals surface area contributed by atoms with Crippen molar-refractivity contribution in [2.45, 2.75) is 33.5 Å². The lowest BCUT2D eigenvalue weighted by Crippen LogP contribution is -2.18. The molecule has 36 heavy (non-hydrogen) atoms. The van der Waals surface area contributed by atoms with Gasteiger partial charge in [0.15, 0.2) is 5.78 Å². The molecule has 4 aromatic rings. The summed E-state index contributed by atoms with van der Waals surface area (Å²) in [5, 5.41) is 7.25. The zero-order valence-corrected chi connectivity index (χ0v) is 20.0. The molecule has 8 heteroatoms. The largest absolute Gasteiger partial charge is 0.416 e. The first kappa shape index (κ1) is 24.9. The summed E-state index contributed by atoms with van der Waals surface area (Å²) < 4.78 is 40.8. The number of halogens is 3. The van der Waals surface area contributed by atoms with Crippen molar-refractivity contribution in [3.63, 3.8) is 0 Å². The van der Waals surface area contributed by atoms with Crippen LogP contribution in [0.5, 0.6) is 0 Å². The van der Waals surface area contributed by atoms with Gasteiger partial charge in [0.2, 0.25) is 0 Å². The summed E-state index contributed by atoms with van der Waals surface area (Å²) in [6.45, 7) is 5.46. The number of alkyl halides is 3. The number of carbonyl (C=O) groups is 2. The smallest absolute Gasteiger partial charge is 0.319 e. The van der Waals surface area contributed by atoms with E-state index in [0.717, 1.165) is 17.7 Å². The molecule has 0 fully saturated rings. The van der Waals surface area contributed by atoms with Crippen LogP contribution in [0, 0.1) is 20.8 Å². The Morgan fingerprint density at radius 3 is 2.22 bits per heavy atom. The van der Waals surface area contributed by atoms with Crippen molar-refractivity contribution in [1.82, 2.24) is 9.78 Å². The van der Waals surface area contributed by atoms with Crippen LogP contribution >= 0.6 is 0 Å². The summed E-state index contributed by atoms with van der Waals surface area (Å²) in [6, 6.07) is 18.7. The molecule has 0 saturated carbocycles. The van der Waals surface area contributed by atoms with E-state index in [-0.39, 0.29) is 23.5 Å². The number of anilines is 1. The lowest BCUT2D eigenvalue weighted by Gasteiger charge is -2.11. The van der Waals surface area contributed by atoms with Crippen molar-refractivity contribution in [1.29, 1.82) is 0 Å². The van der Waals surface area contributed by atoms with E-state index >= 15 is 0 Å². The molecule has 1 heterocycles. The zero-order valence-electron chi connectivity index (χ0n) is 20.0. The van der Waals surface area contributed by atoms with Gasteiger partial charge in [-0.25, -0.2) is 0 Å². The minimum atomic E-state index is -4.44. The van der Waals surface area contributed by atoms with Gasteiger partial charge in [0.05, 0.1) is 34.7 Å². The molecule has 184 valence electrons. The van der Waals surface area contributed by atoms with Crippen LogP contribution < -0.4 is 5.32 Å². The van der Waals surface area contributed by atoms with E-state index in [1.807, 2.05) is 19.1 Å². The molecule has 0 saturated heterocycles. The van der Waals surface area contributed by atoms with Crippen molar-refractivity contribution in [2.24, 2.45) is 0 Å². The molecule has 0 bridgehead atoms. The molecule has 0 aliphatic carbocycles. The fraction of sp³-hybridized carbons (Fsp3) is 0.179. The van der Waals surface area contributed by atoms with E-state index in [1.165, 1.54) is 6.07 Å². The summed E-state index contributed by atoms with van der Waals surface area (Å²) in [7, 11) is 0. The van der Waals surface area contributed by atoms with Gasteiger partial charge < -0.3 is 5.32 Å². The van der Waals surface area contributed by atoms with Crippen LogP contribution in [-0.2, 0) is 12.7 Å². The van der Waals surface area contributed by atoms with Gasteiger partial charge in [-0.15, -0.1) is 0 Å². The monoisotopic (exact) mass is 491 g/mol. The molecule has 0 spiro atoms. The van der Waals surface area contributed by atoms with Gasteiger partial charge in [-0.2, -0.15) is 18.3 Å². The summed E-state index contributed by atoms with van der Waals surface area (Å²) >= 11 is 0. The predicted octanol–water partition coefficient (Wildman–Crippen LogP) is 6.36. The number of aryl methyl sites for hydroxylation is 2. The normalized spacial score (nSPS) is 11.4. The minimum absolute atomic E-state index is 0.106. The molecule has 1 aromatic heterocycles. The zero-order chi connectivity index (χ0) is 26.0. The van der Waals surface area contributed by atoms with Crippen molar-refractivity contribution in [2.75, 3.05) is 5.32 Å². The SMILES string of the molecule is Cc1ccc(C(=O)c2ccccc2C(=O)Nc2c(C)nn(Cc3cccc(C(F)(F)F)c3)c2C)cc1. The Balaban J connectivity index is 1.59. The number of hydrogen-bond donors (Lipinski definition) is 1. The molecule has 3 aromatic carbocycles. The van der Waals surface area contributed by atoms with Crippen molar-refractivity contribution in [3.05, 3.63) is 118 Å². The second kappa shape index (κ2) is 9.81. The van der Waals surface area contributed by atoms with Crippen LogP contribution in [0.15, 0.2) is 72.8 Å². The third-order valence-electron chi connectivity index (χ3n) is 5.94. The number of aromatic nitrogens is 2. The number of nitrogens with one attached hydrogen (secondary N) is 1. The van der Waals surface area contributed by atoms with E-state index in [2.05, 4.69) is 10.4 Å². The Morgan fingerprint density at radius 2 is 1.56 bits per heavy atom. The molecule has 1 amide bonds. The molecule has 0 aliphatic heterocycles. The predicted molar refractivity (Wildman–Crippen MR) is 131 cm³/mol. The average Bonchev–Trinajstić information content (AvgIpc) is 3.11. The van der Waals surface area contributed by atoms with E-state index in [9.17, 15) is 22.8 Å². The third-order valence-corrected chi connectivity index (χ3v) is 5.94. The average molecular weight is 492 g/mol. The van der Waals surface area contributed by atoms with Crippen LogP contribution in [0.25, 0.3) is 0 Å². The number of amides is 1. The first-order chi connectivity index (χ1) is 17.0. The molecule has 0 aliphatic rings. The highest BCUT2D eigenvalue weighted by molar-refractivity contribution is 6.17. The van der Waals surface area contributed by atoms with E-state index in [0.29, 0.717) is 28.2 Å². The fourth-order valence-corrected chi connectivity index (χ4v) is 3.97. The second-order valence-electron chi connectivity index (χ2n) is 8.60. The molecule has 1 N–H and O–H groups in total. The fourth-order valence-electron chi connectivity index (χ4n) is 3.97. The molecular weight excluding hydrogens is 467 g/mol. The van der Waals surface area contributed by atoms with Gasteiger partial charge in [-0.1, -0.05) is 60.2 Å². The molecule has 0 unspecified atom stereocenters. The second-order valence-corrected chi connectivity index (χ2v) is 8.60. The Kier molecular flexibility index (Phi) is 6.79. The van der Waals surface area contributed by atoms with Crippen LogP contribution in [0.4, 0.5) is 18.9 Å². The first-order valence-corrected chi connectivity index (χ1v) is 11.3. The molecule has 4 rings (SSSR count). The first-order valence-electron chi connectivity index (χ1n) is 11.3. The number of nitrogens with zero attached hydrogens (tertiary/aromatic N) is 2. The van der Waals surface area contributed by atoms with Crippen molar-refractivity contribution in [3.8, 4) is 0 Å². The number of benzene rings is 3. The van der Waals surface area contributed by atoms with Gasteiger partial charge >= 0.3 is 6.18 Å². The lowest BCUT2D eigenvalue weighted by atomic mass is 9.97. The Hall–Kier alpha value is -4.20. The lowest BCUT2D eigenvalue weighted by molar-refractivity contribution is -0.137. The highest BCUT2D eigenvalue weighted by atomic mass is 19.4. The number of carbonyl (C=O) groups excluding carboxylic acids is 2. The topological polar surface area (TPSA) is 64.0 Å². The van der Waals surface area contributed by atoms with Gasteiger partial charge in [0, 0.05) is 11.1 Å². The van der Waals surface area contributed by atoms with Crippen LogP contribution in [0.2, 0.25) is 0 Å². The third kappa shape index (κ3) is 5.22. The Morgan fingerprint density at radius 1 is 0.889 bits per heavy atom. The highest BCUT2D eigenvalue weighted by Gasteiger charge is 2.30. The van der Waals surface area contributed by atoms with E-state index in [4.69, 9.17) is 0 Å². The number of ketones is 1. The minimum Gasteiger partial charge on any atom is -0.319 e. The molecular formula is C28H24F3N3O2. The van der Waals surface area contributed by atoms with E-state index < -0.39 is 17.6 Å². The number of hydrogen-bond acceptors (Lipinski definition) is 3. The Bertz CT molecular complexity index is 1440. The van der Waals surface area contributed by atoms with Crippen LogP contribution in [-0.4, -0.2) is 21.5 Å². The highest BCUT2D eigenvalue weighted by Crippen LogP contribution is 2.30. The van der Waals surface area contributed by atoms with Gasteiger partial charge in [-0.3, -0.25) is 14.3 Å². The van der Waals surface area contributed by atoms with E-state index in [1.54, 1.807) is 61.0 Å².